The largest absolute Gasteiger partial charge is 0.192 e. The number of nitrogens with zero attached hydrogens (tertiary/aromatic N) is 1. The van der Waals surface area contributed by atoms with E-state index in [0.29, 0.717) is 15.6 Å². The molecular weight excluding hydrogens is 400 g/mol. The van der Waals surface area contributed by atoms with Crippen LogP contribution in [-0.4, -0.2) is 0 Å². The summed E-state index contributed by atoms with van der Waals surface area (Å²) in [5.74, 6) is 0. The van der Waals surface area contributed by atoms with Gasteiger partial charge >= 0.3 is 0 Å². The number of benzene rings is 1. The molecule has 1 nitrogen and oxygen atoms in total. The van der Waals surface area contributed by atoms with E-state index in [1.165, 1.54) is 11.3 Å². The molecule has 1 aromatic heterocycles. The monoisotopic (exact) mass is 405 g/mol. The Morgan fingerprint density at radius 2 is 2.11 bits per heavy atom. The zero-order valence-corrected chi connectivity index (χ0v) is 13.4. The third kappa shape index (κ3) is 2.89. The molecule has 0 atom stereocenters. The third-order valence-electron chi connectivity index (χ3n) is 2.27. The normalized spacial score (nSPS) is 11.9. The highest BCUT2D eigenvalue weighted by Crippen LogP contribution is 2.33. The topological polar surface area (TPSA) is 23.8 Å². The van der Waals surface area contributed by atoms with Crippen molar-refractivity contribution in [3.05, 3.63) is 54.7 Å². The third-order valence-corrected chi connectivity index (χ3v) is 5.14. The van der Waals surface area contributed by atoms with E-state index >= 15 is 0 Å². The molecule has 0 unspecified atom stereocenters. The summed E-state index contributed by atoms with van der Waals surface area (Å²) in [6.45, 7) is 0. The smallest absolute Gasteiger partial charge is 0.102 e. The molecule has 0 aliphatic rings. The molecule has 90 valence electrons. The number of rotatable bonds is 2. The Morgan fingerprint density at radius 1 is 1.33 bits per heavy atom. The van der Waals surface area contributed by atoms with Gasteiger partial charge in [0.25, 0.3) is 0 Å². The van der Waals surface area contributed by atoms with Crippen molar-refractivity contribution in [2.75, 3.05) is 0 Å². The van der Waals surface area contributed by atoms with E-state index < -0.39 is 0 Å². The second-order valence-electron chi connectivity index (χ2n) is 3.41. The van der Waals surface area contributed by atoms with E-state index in [9.17, 15) is 5.26 Å². The van der Waals surface area contributed by atoms with Crippen molar-refractivity contribution < 1.29 is 0 Å². The molecule has 18 heavy (non-hydrogen) atoms. The van der Waals surface area contributed by atoms with Gasteiger partial charge in [0.05, 0.1) is 15.6 Å². The molecule has 0 bridgehead atoms. The van der Waals surface area contributed by atoms with Crippen molar-refractivity contribution in [2.45, 2.75) is 0 Å². The Morgan fingerprint density at radius 3 is 2.67 bits per heavy atom. The Bertz CT molecular complexity index is 642. The summed E-state index contributed by atoms with van der Waals surface area (Å²) in [7, 11) is 0. The molecule has 0 aliphatic heterocycles. The molecule has 0 saturated carbocycles. The maximum absolute atomic E-state index is 9.23. The van der Waals surface area contributed by atoms with Gasteiger partial charge in [-0.1, -0.05) is 35.3 Å². The number of allylic oxidation sites excluding steroid dienone is 1. The van der Waals surface area contributed by atoms with E-state index in [1.807, 2.05) is 29.6 Å². The van der Waals surface area contributed by atoms with Crippen molar-refractivity contribution in [3.63, 3.8) is 0 Å². The first-order chi connectivity index (χ1) is 8.63. The fourth-order valence-corrected chi connectivity index (χ4v) is 2.97. The fraction of sp³-hybridized carbons (Fsp3) is 0. The summed E-state index contributed by atoms with van der Waals surface area (Å²) in [4.78, 5) is 0.858. The average molecular weight is 406 g/mol. The minimum atomic E-state index is 0.429. The maximum Gasteiger partial charge on any atom is 0.102 e. The number of thiophene rings is 1. The zero-order chi connectivity index (χ0) is 13.1. The lowest BCUT2D eigenvalue weighted by Gasteiger charge is -2.04. The Kier molecular flexibility index (Phi) is 4.68. The Labute approximate surface area is 133 Å². The molecule has 0 saturated heterocycles. The molecule has 2 rings (SSSR count). The molecule has 0 radical (unpaired) electrons. The Hall–Kier alpha value is -0.540. The lowest BCUT2D eigenvalue weighted by atomic mass is 10.1. The lowest BCUT2D eigenvalue weighted by Crippen LogP contribution is -1.85. The van der Waals surface area contributed by atoms with Crippen LogP contribution in [0.5, 0.6) is 0 Å². The summed E-state index contributed by atoms with van der Waals surface area (Å²) >= 11 is 16.0. The van der Waals surface area contributed by atoms with E-state index in [0.717, 1.165) is 14.0 Å². The first-order valence-electron chi connectivity index (χ1n) is 4.92. The van der Waals surface area contributed by atoms with E-state index in [2.05, 4.69) is 28.7 Å². The number of nitriles is 1. The van der Waals surface area contributed by atoms with Gasteiger partial charge in [-0.25, -0.2) is 0 Å². The highest BCUT2D eigenvalue weighted by Gasteiger charge is 2.11. The summed E-state index contributed by atoms with van der Waals surface area (Å²) in [5, 5.41) is 12.2. The first-order valence-corrected chi connectivity index (χ1v) is 7.64. The van der Waals surface area contributed by atoms with Crippen LogP contribution in [0.3, 0.4) is 0 Å². The molecular formula is C13H6Cl2INS. The van der Waals surface area contributed by atoms with E-state index in [4.69, 9.17) is 23.2 Å². The van der Waals surface area contributed by atoms with Gasteiger partial charge in [0.2, 0.25) is 0 Å². The molecule has 2 aromatic rings. The minimum absolute atomic E-state index is 0.429. The fourth-order valence-electron chi connectivity index (χ4n) is 1.41. The molecule has 0 spiro atoms. The summed E-state index contributed by atoms with van der Waals surface area (Å²) in [6.07, 6.45) is 0. The predicted octanol–water partition coefficient (Wildman–Crippen LogP) is 5.64. The zero-order valence-electron chi connectivity index (χ0n) is 8.95. The van der Waals surface area contributed by atoms with Gasteiger partial charge in [0.15, 0.2) is 0 Å². The van der Waals surface area contributed by atoms with Crippen molar-refractivity contribution in [3.8, 4) is 6.07 Å². The van der Waals surface area contributed by atoms with Crippen LogP contribution in [0.2, 0.25) is 5.02 Å². The van der Waals surface area contributed by atoms with Crippen LogP contribution in [-0.2, 0) is 0 Å². The van der Waals surface area contributed by atoms with Crippen LogP contribution in [0.1, 0.15) is 10.4 Å². The van der Waals surface area contributed by atoms with Gasteiger partial charge in [-0.05, 0) is 51.7 Å². The van der Waals surface area contributed by atoms with Gasteiger partial charge in [-0.2, -0.15) is 5.26 Å². The van der Waals surface area contributed by atoms with Gasteiger partial charge in [0, 0.05) is 8.45 Å². The molecule has 1 aromatic carbocycles. The molecule has 0 amide bonds. The standard InChI is InChI=1S/C13H6Cl2INS/c14-10-6-8(3-4-11(10)16)13(15)9(7-17)12-2-1-5-18-12/h1-6H/b13-9-. The molecule has 1 heterocycles. The second-order valence-corrected chi connectivity index (χ2v) is 6.30. The molecule has 0 fully saturated rings. The SMILES string of the molecule is N#C/C(=C(/Cl)c1ccc(I)c(Cl)c1)c1cccs1. The summed E-state index contributed by atoms with van der Waals surface area (Å²) < 4.78 is 0.956. The van der Waals surface area contributed by atoms with E-state index in [-0.39, 0.29) is 0 Å². The van der Waals surface area contributed by atoms with Crippen molar-refractivity contribution in [1.29, 1.82) is 5.26 Å². The van der Waals surface area contributed by atoms with Crippen molar-refractivity contribution >= 4 is 67.7 Å². The average Bonchev–Trinajstić information content (AvgIpc) is 2.87. The summed E-state index contributed by atoms with van der Waals surface area (Å²) in [6, 6.07) is 11.4. The summed E-state index contributed by atoms with van der Waals surface area (Å²) in [5.41, 5.74) is 1.23. The lowest BCUT2D eigenvalue weighted by molar-refractivity contribution is 1.53. The van der Waals surface area contributed by atoms with Gasteiger partial charge < -0.3 is 0 Å². The minimum Gasteiger partial charge on any atom is -0.192 e. The van der Waals surface area contributed by atoms with Crippen LogP contribution < -0.4 is 0 Å². The van der Waals surface area contributed by atoms with Crippen LogP contribution in [0, 0.1) is 14.9 Å². The molecule has 5 heteroatoms. The van der Waals surface area contributed by atoms with Gasteiger partial charge in [-0.15, -0.1) is 11.3 Å². The van der Waals surface area contributed by atoms with Crippen LogP contribution in [0.25, 0.3) is 10.6 Å². The molecule has 0 N–H and O–H groups in total. The van der Waals surface area contributed by atoms with Crippen LogP contribution >= 0.6 is 57.1 Å². The number of halogens is 3. The quantitative estimate of drug-likeness (QED) is 0.468. The van der Waals surface area contributed by atoms with Crippen LogP contribution in [0.4, 0.5) is 0 Å². The second kappa shape index (κ2) is 6.07. The van der Waals surface area contributed by atoms with Crippen molar-refractivity contribution in [1.82, 2.24) is 0 Å². The number of hydrogen-bond acceptors (Lipinski definition) is 2. The van der Waals surface area contributed by atoms with Crippen LogP contribution in [0.15, 0.2) is 35.7 Å². The number of hydrogen-bond donors (Lipinski definition) is 0. The van der Waals surface area contributed by atoms with E-state index in [1.54, 1.807) is 6.07 Å². The van der Waals surface area contributed by atoms with Crippen molar-refractivity contribution in [2.24, 2.45) is 0 Å². The predicted molar refractivity (Wildman–Crippen MR) is 86.8 cm³/mol. The highest BCUT2D eigenvalue weighted by atomic mass is 127. The highest BCUT2D eigenvalue weighted by molar-refractivity contribution is 14.1. The maximum atomic E-state index is 9.23. The Balaban J connectivity index is 2.54. The molecule has 0 aliphatic carbocycles. The first kappa shape index (κ1) is 13.9. The van der Waals surface area contributed by atoms with Gasteiger partial charge in [0.1, 0.15) is 6.07 Å². The van der Waals surface area contributed by atoms with Gasteiger partial charge in [-0.3, -0.25) is 0 Å².